The Balaban J connectivity index is 1.59. The number of likely N-dealkylation sites (tertiary alicyclic amines) is 1. The van der Waals surface area contributed by atoms with E-state index in [4.69, 9.17) is 9.73 Å². The number of hydrogen-bond donors (Lipinski definition) is 2. The van der Waals surface area contributed by atoms with Crippen LogP contribution >= 0.6 is 0 Å². The van der Waals surface area contributed by atoms with Gasteiger partial charge in [0.05, 0.1) is 25.3 Å². The zero-order valence-corrected chi connectivity index (χ0v) is 17.8. The molecule has 0 aliphatic carbocycles. The summed E-state index contributed by atoms with van der Waals surface area (Å²) < 4.78 is 6.09. The van der Waals surface area contributed by atoms with E-state index in [1.165, 1.54) is 5.56 Å². The number of nitrogens with zero attached hydrogens (tertiary/aromatic N) is 3. The van der Waals surface area contributed by atoms with Crippen molar-refractivity contribution in [3.8, 4) is 0 Å². The lowest BCUT2D eigenvalue weighted by atomic mass is 10.1. The maximum Gasteiger partial charge on any atom is 0.221 e. The van der Waals surface area contributed by atoms with Crippen molar-refractivity contribution in [2.24, 2.45) is 4.99 Å². The number of aliphatic imine (C=N–C) groups is 1. The van der Waals surface area contributed by atoms with E-state index in [0.29, 0.717) is 19.0 Å². The van der Waals surface area contributed by atoms with Crippen LogP contribution in [0.4, 0.5) is 0 Å². The topological polar surface area (TPSA) is 69.2 Å². The predicted molar refractivity (Wildman–Crippen MR) is 116 cm³/mol. The summed E-state index contributed by atoms with van der Waals surface area (Å²) in [5, 5.41) is 6.29. The molecule has 0 bridgehead atoms. The van der Waals surface area contributed by atoms with Gasteiger partial charge in [-0.25, -0.2) is 0 Å². The Morgan fingerprint density at radius 1 is 1.21 bits per heavy atom. The number of morpholine rings is 1. The fraction of sp³-hybridized carbons (Fsp3) is 0.636. The summed E-state index contributed by atoms with van der Waals surface area (Å²) in [6.07, 6.45) is 1.57. The summed E-state index contributed by atoms with van der Waals surface area (Å²) in [5.41, 5.74) is 1.34. The standard InChI is InChI=1S/C22H35N5O2/c1-3-11-24-21(28)10-12-25-22(23-4-2)27-16-19-20(17-27)29-14-13-26(19)15-18-8-6-5-7-9-18/h5-9,19-20H,3-4,10-17H2,1-2H3,(H,23,25)(H,24,28). The fourth-order valence-electron chi connectivity index (χ4n) is 3.99. The quantitative estimate of drug-likeness (QED) is 0.510. The monoisotopic (exact) mass is 401 g/mol. The van der Waals surface area contributed by atoms with E-state index >= 15 is 0 Å². The van der Waals surface area contributed by atoms with Crippen LogP contribution < -0.4 is 10.6 Å². The molecular formula is C22H35N5O2. The van der Waals surface area contributed by atoms with Crippen LogP contribution in [0.15, 0.2) is 35.3 Å². The molecule has 2 unspecified atom stereocenters. The van der Waals surface area contributed by atoms with Crippen molar-refractivity contribution < 1.29 is 9.53 Å². The van der Waals surface area contributed by atoms with Gasteiger partial charge in [0.15, 0.2) is 5.96 Å². The van der Waals surface area contributed by atoms with Crippen LogP contribution in [0.3, 0.4) is 0 Å². The molecule has 7 heteroatoms. The summed E-state index contributed by atoms with van der Waals surface area (Å²) in [6, 6.07) is 11.0. The second kappa shape index (κ2) is 11.2. The molecule has 1 amide bonds. The number of fused-ring (bicyclic) bond motifs is 1. The van der Waals surface area contributed by atoms with Crippen LogP contribution in [0.2, 0.25) is 0 Å². The molecule has 1 aromatic rings. The van der Waals surface area contributed by atoms with E-state index in [0.717, 1.165) is 58.3 Å². The van der Waals surface area contributed by atoms with Crippen LogP contribution in [0.25, 0.3) is 0 Å². The first-order chi connectivity index (χ1) is 14.2. The molecule has 2 saturated heterocycles. The van der Waals surface area contributed by atoms with Gasteiger partial charge in [0.2, 0.25) is 5.91 Å². The van der Waals surface area contributed by atoms with E-state index < -0.39 is 0 Å². The molecule has 2 aliphatic rings. The third-order valence-electron chi connectivity index (χ3n) is 5.45. The third kappa shape index (κ3) is 6.18. The number of hydrogen-bond acceptors (Lipinski definition) is 4. The van der Waals surface area contributed by atoms with E-state index in [2.05, 4.69) is 64.6 Å². The summed E-state index contributed by atoms with van der Waals surface area (Å²) in [5.74, 6) is 0.951. The van der Waals surface area contributed by atoms with Crippen LogP contribution in [-0.2, 0) is 16.1 Å². The second-order valence-corrected chi connectivity index (χ2v) is 7.67. The van der Waals surface area contributed by atoms with Gasteiger partial charge in [0, 0.05) is 45.7 Å². The van der Waals surface area contributed by atoms with E-state index in [9.17, 15) is 4.79 Å². The van der Waals surface area contributed by atoms with Gasteiger partial charge in [-0.3, -0.25) is 14.7 Å². The minimum Gasteiger partial charge on any atom is -0.373 e. The van der Waals surface area contributed by atoms with Crippen LogP contribution in [0.5, 0.6) is 0 Å². The SMILES string of the molecule is CCCNC(=O)CCN=C(NCC)N1CC2OCCN(Cc3ccccc3)C2C1. The molecule has 3 rings (SSSR count). The minimum absolute atomic E-state index is 0.0684. The molecule has 2 fully saturated rings. The Morgan fingerprint density at radius 2 is 2.03 bits per heavy atom. The maximum absolute atomic E-state index is 11.8. The lowest BCUT2D eigenvalue weighted by Gasteiger charge is -2.36. The summed E-state index contributed by atoms with van der Waals surface area (Å²) in [7, 11) is 0. The second-order valence-electron chi connectivity index (χ2n) is 7.67. The zero-order chi connectivity index (χ0) is 20.5. The third-order valence-corrected chi connectivity index (χ3v) is 5.45. The molecule has 29 heavy (non-hydrogen) atoms. The van der Waals surface area contributed by atoms with Crippen molar-refractivity contribution in [2.45, 2.75) is 45.4 Å². The molecule has 2 heterocycles. The van der Waals surface area contributed by atoms with Crippen LogP contribution in [-0.4, -0.2) is 79.7 Å². The first-order valence-electron chi connectivity index (χ1n) is 10.9. The smallest absolute Gasteiger partial charge is 0.221 e. The number of benzene rings is 1. The molecule has 0 radical (unpaired) electrons. The predicted octanol–water partition coefficient (Wildman–Crippen LogP) is 1.45. The van der Waals surface area contributed by atoms with Gasteiger partial charge in [-0.15, -0.1) is 0 Å². The molecular weight excluding hydrogens is 366 g/mol. The number of guanidine groups is 1. The molecule has 0 aromatic heterocycles. The summed E-state index contributed by atoms with van der Waals surface area (Å²) in [4.78, 5) is 21.4. The average molecular weight is 402 g/mol. The highest BCUT2D eigenvalue weighted by Gasteiger charge is 2.41. The fourth-order valence-corrected chi connectivity index (χ4v) is 3.99. The highest BCUT2D eigenvalue weighted by molar-refractivity contribution is 5.81. The summed E-state index contributed by atoms with van der Waals surface area (Å²) in [6.45, 7) is 10.6. The Morgan fingerprint density at radius 3 is 2.79 bits per heavy atom. The van der Waals surface area contributed by atoms with E-state index in [1.807, 2.05) is 0 Å². The molecule has 1 aromatic carbocycles. The highest BCUT2D eigenvalue weighted by atomic mass is 16.5. The number of carbonyl (C=O) groups excluding carboxylic acids is 1. The first-order valence-corrected chi connectivity index (χ1v) is 10.9. The zero-order valence-electron chi connectivity index (χ0n) is 17.8. The molecule has 0 spiro atoms. The number of amides is 1. The highest BCUT2D eigenvalue weighted by Crippen LogP contribution is 2.24. The van der Waals surface area contributed by atoms with E-state index in [1.54, 1.807) is 0 Å². The Hall–Kier alpha value is -2.12. The van der Waals surface area contributed by atoms with Gasteiger partial charge in [-0.2, -0.15) is 0 Å². The molecule has 7 nitrogen and oxygen atoms in total. The normalized spacial score (nSPS) is 22.4. The molecule has 160 valence electrons. The van der Waals surface area contributed by atoms with Crippen molar-refractivity contribution in [3.63, 3.8) is 0 Å². The van der Waals surface area contributed by atoms with Crippen molar-refractivity contribution in [2.75, 3.05) is 45.9 Å². The summed E-state index contributed by atoms with van der Waals surface area (Å²) >= 11 is 0. The number of ether oxygens (including phenoxy) is 1. The van der Waals surface area contributed by atoms with Gasteiger partial charge >= 0.3 is 0 Å². The van der Waals surface area contributed by atoms with Crippen LogP contribution in [0.1, 0.15) is 32.3 Å². The van der Waals surface area contributed by atoms with Gasteiger partial charge in [-0.1, -0.05) is 37.3 Å². The Kier molecular flexibility index (Phi) is 8.31. The van der Waals surface area contributed by atoms with Gasteiger partial charge in [0.1, 0.15) is 0 Å². The van der Waals surface area contributed by atoms with Crippen molar-refractivity contribution in [1.29, 1.82) is 0 Å². The molecule has 2 atom stereocenters. The van der Waals surface area contributed by atoms with Crippen molar-refractivity contribution in [3.05, 3.63) is 35.9 Å². The number of rotatable bonds is 8. The van der Waals surface area contributed by atoms with Crippen molar-refractivity contribution >= 4 is 11.9 Å². The lowest BCUT2D eigenvalue weighted by Crippen LogP contribution is -2.50. The minimum atomic E-state index is 0.0684. The molecule has 0 saturated carbocycles. The molecule has 2 N–H and O–H groups in total. The number of nitrogens with one attached hydrogen (secondary N) is 2. The number of carbonyl (C=O) groups is 1. The van der Waals surface area contributed by atoms with Gasteiger partial charge < -0.3 is 20.3 Å². The van der Waals surface area contributed by atoms with Gasteiger partial charge in [0.25, 0.3) is 0 Å². The van der Waals surface area contributed by atoms with Gasteiger partial charge in [-0.05, 0) is 18.9 Å². The Labute approximate surface area is 174 Å². The van der Waals surface area contributed by atoms with Crippen LogP contribution in [0, 0.1) is 0 Å². The van der Waals surface area contributed by atoms with E-state index in [-0.39, 0.29) is 12.0 Å². The lowest BCUT2D eigenvalue weighted by molar-refractivity contribution is -0.120. The van der Waals surface area contributed by atoms with Crippen molar-refractivity contribution in [1.82, 2.24) is 20.4 Å². The largest absolute Gasteiger partial charge is 0.373 e. The molecule has 2 aliphatic heterocycles. The average Bonchev–Trinajstić information content (AvgIpc) is 3.18. The Bertz CT molecular complexity index is 666. The first kappa shape index (κ1) is 21.6. The maximum atomic E-state index is 11.8.